The monoisotopic (exact) mass is 966 g/mol. The molecule has 66 heavy (non-hydrogen) atoms. The molecule has 12 nitrogen and oxygen atoms in total. The van der Waals surface area contributed by atoms with Gasteiger partial charge in [-0.3, -0.25) is 19.2 Å². The fraction of sp³-hybridized carbons (Fsp3) is 0.269. The van der Waals surface area contributed by atoms with Crippen LogP contribution in [0.3, 0.4) is 0 Å². The number of amides is 4. The number of alkyl halides is 1. The summed E-state index contributed by atoms with van der Waals surface area (Å²) in [5.41, 5.74) is 4.62. The van der Waals surface area contributed by atoms with Gasteiger partial charge in [0.2, 0.25) is 0 Å². The first-order valence-electron chi connectivity index (χ1n) is 22.2. The van der Waals surface area contributed by atoms with Crippen molar-refractivity contribution in [3.05, 3.63) is 165 Å². The number of hydrogen-bond acceptors (Lipinski definition) is 9. The number of carbonyl (C=O) groups excluding carboxylic acids is 4. The molecule has 2 saturated heterocycles. The zero-order valence-corrected chi connectivity index (χ0v) is 38.8. The van der Waals surface area contributed by atoms with Gasteiger partial charge in [0, 0.05) is 79.7 Å². The van der Waals surface area contributed by atoms with Gasteiger partial charge in [0.05, 0.1) is 11.4 Å². The average molecular weight is 968 g/mol. The molecule has 4 aromatic carbocycles. The number of ether oxygens (including phenoxy) is 2. The Morgan fingerprint density at radius 1 is 0.545 bits per heavy atom. The van der Waals surface area contributed by atoms with Crippen molar-refractivity contribution in [2.75, 3.05) is 50.2 Å². The molecule has 0 saturated carbocycles. The molecule has 2 aliphatic heterocycles. The minimum absolute atomic E-state index is 0.212. The summed E-state index contributed by atoms with van der Waals surface area (Å²) in [4.78, 5) is 61.9. The number of thiophene rings is 1. The molecular formula is C52H51BrN6O6S. The van der Waals surface area contributed by atoms with Crippen LogP contribution in [-0.2, 0) is 21.2 Å². The third-order valence-corrected chi connectivity index (χ3v) is 13.4. The highest BCUT2D eigenvalue weighted by Crippen LogP contribution is 2.29. The standard InChI is InChI=1S/C28H27N3O3S.C24H24BrN3O3/c32-27(24-10-9-20(17-21-5-4-16-35-21)22-6-1-2-7-23(22)24)31-25-8-3-13-29-26(25)28(33)30-18-19-11-14-34-15-12-19;25-14-17-7-8-20(19-5-2-1-4-18(17)19)23(29)28-21-6-3-11-26-22(21)24(30)27-15-16-9-12-31-13-10-16/h1-10,13,16,19H,11-12,14-15,17-18H2,(H,30,33)(H,31,32);1-8,11,16H,9-10,12-15H2,(H,27,30)(H,28,29). The number of anilines is 2. The van der Waals surface area contributed by atoms with Gasteiger partial charge in [-0.2, -0.15) is 0 Å². The number of benzene rings is 4. The third-order valence-electron chi connectivity index (χ3n) is 11.9. The minimum Gasteiger partial charge on any atom is -0.381 e. The van der Waals surface area contributed by atoms with Crippen LogP contribution in [0.15, 0.2) is 127 Å². The second kappa shape index (κ2) is 22.7. The van der Waals surface area contributed by atoms with Gasteiger partial charge in [-0.1, -0.05) is 82.7 Å². The van der Waals surface area contributed by atoms with Gasteiger partial charge >= 0.3 is 0 Å². The van der Waals surface area contributed by atoms with Gasteiger partial charge in [-0.15, -0.1) is 11.3 Å². The molecule has 0 radical (unpaired) electrons. The van der Waals surface area contributed by atoms with Gasteiger partial charge in [0.1, 0.15) is 0 Å². The lowest BCUT2D eigenvalue weighted by Gasteiger charge is -2.22. The molecular weight excluding hydrogens is 917 g/mol. The Bertz CT molecular complexity index is 2810. The zero-order chi connectivity index (χ0) is 45.7. The van der Waals surface area contributed by atoms with E-state index in [1.165, 1.54) is 10.4 Å². The second-order valence-electron chi connectivity index (χ2n) is 16.3. The third kappa shape index (κ3) is 11.5. The fourth-order valence-corrected chi connectivity index (χ4v) is 9.50. The Morgan fingerprint density at radius 2 is 1.02 bits per heavy atom. The maximum atomic E-state index is 13.4. The smallest absolute Gasteiger partial charge is 0.272 e. The number of hydrogen-bond donors (Lipinski definition) is 4. The first-order chi connectivity index (χ1) is 32.4. The molecule has 14 heteroatoms. The lowest BCUT2D eigenvalue weighted by atomic mass is 9.97. The molecule has 4 N–H and O–H groups in total. The molecule has 0 aliphatic carbocycles. The van der Waals surface area contributed by atoms with Crippen LogP contribution >= 0.6 is 27.3 Å². The number of nitrogens with zero attached hydrogens (tertiary/aromatic N) is 2. The van der Waals surface area contributed by atoms with Crippen molar-refractivity contribution in [3.8, 4) is 0 Å². The van der Waals surface area contributed by atoms with Crippen molar-refractivity contribution in [1.82, 2.24) is 20.6 Å². The van der Waals surface area contributed by atoms with E-state index in [0.29, 0.717) is 52.8 Å². The molecule has 0 atom stereocenters. The van der Waals surface area contributed by atoms with Gasteiger partial charge < -0.3 is 30.7 Å². The second-order valence-corrected chi connectivity index (χ2v) is 17.9. The Balaban J connectivity index is 0.000000181. The number of aromatic nitrogens is 2. The molecule has 0 bridgehead atoms. The van der Waals surface area contributed by atoms with Crippen LogP contribution in [0.2, 0.25) is 0 Å². The van der Waals surface area contributed by atoms with Crippen LogP contribution in [0.5, 0.6) is 0 Å². The normalized spacial score (nSPS) is 14.2. The van der Waals surface area contributed by atoms with E-state index in [-0.39, 0.29) is 35.0 Å². The van der Waals surface area contributed by atoms with E-state index in [2.05, 4.69) is 64.7 Å². The predicted octanol–water partition coefficient (Wildman–Crippen LogP) is 9.83. The zero-order valence-electron chi connectivity index (χ0n) is 36.4. The number of fused-ring (bicyclic) bond motifs is 2. The summed E-state index contributed by atoms with van der Waals surface area (Å²) in [5, 5.41) is 18.3. The van der Waals surface area contributed by atoms with Gasteiger partial charge in [-0.05, 0) is 118 Å². The predicted molar refractivity (Wildman–Crippen MR) is 264 cm³/mol. The molecule has 4 amide bonds. The highest BCUT2D eigenvalue weighted by atomic mass is 79.9. The molecule has 7 aromatic rings. The van der Waals surface area contributed by atoms with Crippen molar-refractivity contribution in [1.29, 1.82) is 0 Å². The summed E-state index contributed by atoms with van der Waals surface area (Å²) in [6.07, 6.45) is 7.67. The van der Waals surface area contributed by atoms with E-state index in [1.54, 1.807) is 48.0 Å². The lowest BCUT2D eigenvalue weighted by Crippen LogP contribution is -2.33. The van der Waals surface area contributed by atoms with Gasteiger partial charge in [0.25, 0.3) is 23.6 Å². The number of pyridine rings is 2. The number of halogens is 1. The van der Waals surface area contributed by atoms with E-state index in [1.807, 2.05) is 72.8 Å². The summed E-state index contributed by atoms with van der Waals surface area (Å²) in [6.45, 7) is 4.06. The van der Waals surface area contributed by atoms with Crippen molar-refractivity contribution >= 4 is 83.8 Å². The average Bonchev–Trinajstić information content (AvgIpc) is 3.89. The Labute approximate surface area is 396 Å². The molecule has 2 aliphatic rings. The van der Waals surface area contributed by atoms with E-state index < -0.39 is 0 Å². The number of rotatable bonds is 13. The first kappa shape index (κ1) is 46.2. The van der Waals surface area contributed by atoms with Gasteiger partial charge in [-0.25, -0.2) is 9.97 Å². The molecule has 338 valence electrons. The largest absolute Gasteiger partial charge is 0.381 e. The maximum absolute atomic E-state index is 13.4. The topological polar surface area (TPSA) is 161 Å². The first-order valence-corrected chi connectivity index (χ1v) is 24.2. The Kier molecular flexibility index (Phi) is 15.9. The molecule has 2 fully saturated rings. The lowest BCUT2D eigenvalue weighted by molar-refractivity contribution is 0.0642. The van der Waals surface area contributed by atoms with E-state index in [4.69, 9.17) is 9.47 Å². The van der Waals surface area contributed by atoms with Gasteiger partial charge in [0.15, 0.2) is 11.4 Å². The van der Waals surface area contributed by atoms with E-state index in [0.717, 1.165) is 85.6 Å². The van der Waals surface area contributed by atoms with Crippen LogP contribution < -0.4 is 21.3 Å². The molecule has 5 heterocycles. The van der Waals surface area contributed by atoms with Crippen LogP contribution in [0.1, 0.15) is 83.4 Å². The summed E-state index contributed by atoms with van der Waals surface area (Å²) >= 11 is 5.23. The van der Waals surface area contributed by atoms with Crippen LogP contribution in [-0.4, -0.2) is 73.1 Å². The number of carbonyl (C=O) groups is 4. The Hall–Kier alpha value is -6.32. The van der Waals surface area contributed by atoms with Crippen LogP contribution in [0.4, 0.5) is 11.4 Å². The van der Waals surface area contributed by atoms with Crippen molar-refractivity contribution in [3.63, 3.8) is 0 Å². The SMILES string of the molecule is O=C(NCC1CCOCC1)c1ncccc1NC(=O)c1ccc(CBr)c2ccccc12.O=C(NCC1CCOCC1)c1ncccc1NC(=O)c1ccc(Cc2cccs2)c2ccccc12. The molecule has 0 unspecified atom stereocenters. The quantitative estimate of drug-likeness (QED) is 0.0832. The molecule has 3 aromatic heterocycles. The summed E-state index contributed by atoms with van der Waals surface area (Å²) in [7, 11) is 0. The molecule has 9 rings (SSSR count). The van der Waals surface area contributed by atoms with Crippen molar-refractivity contribution in [2.45, 2.75) is 37.4 Å². The minimum atomic E-state index is -0.290. The van der Waals surface area contributed by atoms with Crippen molar-refractivity contribution in [2.24, 2.45) is 11.8 Å². The fourth-order valence-electron chi connectivity index (χ4n) is 8.29. The van der Waals surface area contributed by atoms with Crippen molar-refractivity contribution < 1.29 is 28.7 Å². The number of nitrogens with one attached hydrogen (secondary N) is 4. The summed E-state index contributed by atoms with van der Waals surface area (Å²) < 4.78 is 10.8. The van der Waals surface area contributed by atoms with Crippen LogP contribution in [0.25, 0.3) is 21.5 Å². The highest BCUT2D eigenvalue weighted by molar-refractivity contribution is 9.08. The summed E-state index contributed by atoms with van der Waals surface area (Å²) in [6, 6.07) is 34.4. The summed E-state index contributed by atoms with van der Waals surface area (Å²) in [5.74, 6) is -0.322. The highest BCUT2D eigenvalue weighted by Gasteiger charge is 2.22. The molecule has 0 spiro atoms. The van der Waals surface area contributed by atoms with Crippen LogP contribution in [0, 0.1) is 11.8 Å². The van der Waals surface area contributed by atoms with E-state index >= 15 is 0 Å². The maximum Gasteiger partial charge on any atom is 0.272 e. The Morgan fingerprint density at radius 3 is 1.48 bits per heavy atom. The van der Waals surface area contributed by atoms with E-state index in [9.17, 15) is 19.2 Å².